The lowest BCUT2D eigenvalue weighted by Crippen LogP contribution is -2.06. The Morgan fingerprint density at radius 1 is 1.20 bits per heavy atom. The van der Waals surface area contributed by atoms with E-state index in [4.69, 9.17) is 0 Å². The maximum atomic E-state index is 12.7. The van der Waals surface area contributed by atoms with Crippen molar-refractivity contribution in [3.8, 4) is 11.8 Å². The lowest BCUT2D eigenvalue weighted by Gasteiger charge is -2.09. The summed E-state index contributed by atoms with van der Waals surface area (Å²) in [6.07, 6.45) is 1.00. The van der Waals surface area contributed by atoms with Gasteiger partial charge < -0.3 is 4.74 Å². The molecule has 0 fully saturated rings. The van der Waals surface area contributed by atoms with Crippen molar-refractivity contribution in [2.24, 2.45) is 0 Å². The molecule has 0 amide bonds. The molecular formula is C16H9Br2F2NO3S. The lowest BCUT2D eigenvalue weighted by atomic mass is 10.2. The van der Waals surface area contributed by atoms with Gasteiger partial charge in [-0.25, -0.2) is 8.42 Å². The third kappa shape index (κ3) is 4.66. The van der Waals surface area contributed by atoms with E-state index in [1.165, 1.54) is 36.4 Å². The fraction of sp³-hybridized carbons (Fsp3) is 0.0625. The molecule has 2 aromatic carbocycles. The molecule has 2 aromatic rings. The molecule has 0 aromatic heterocycles. The van der Waals surface area contributed by atoms with Crippen molar-refractivity contribution in [3.05, 3.63) is 61.9 Å². The first-order valence-corrected chi connectivity index (χ1v) is 9.68. The largest absolute Gasteiger partial charge is 0.434 e. The van der Waals surface area contributed by atoms with E-state index in [2.05, 4.69) is 36.6 Å². The first kappa shape index (κ1) is 19.6. The number of benzene rings is 2. The van der Waals surface area contributed by atoms with Gasteiger partial charge in [-0.2, -0.15) is 14.0 Å². The van der Waals surface area contributed by atoms with Gasteiger partial charge in [-0.15, -0.1) is 0 Å². The van der Waals surface area contributed by atoms with Crippen molar-refractivity contribution in [2.75, 3.05) is 0 Å². The van der Waals surface area contributed by atoms with Crippen LogP contribution < -0.4 is 4.74 Å². The van der Waals surface area contributed by atoms with E-state index in [0.717, 1.165) is 6.08 Å². The van der Waals surface area contributed by atoms with Crippen LogP contribution in [0.1, 0.15) is 5.56 Å². The number of hydrogen-bond acceptors (Lipinski definition) is 4. The first-order valence-electron chi connectivity index (χ1n) is 6.61. The minimum atomic E-state index is -4.17. The smallest absolute Gasteiger partial charge is 0.387 e. The summed E-state index contributed by atoms with van der Waals surface area (Å²) in [5.74, 6) is -0.228. The second-order valence-corrected chi connectivity index (χ2v) is 8.27. The summed E-state index contributed by atoms with van der Waals surface area (Å²) in [5.41, 5.74) is 0.0500. The van der Waals surface area contributed by atoms with Gasteiger partial charge in [-0.3, -0.25) is 0 Å². The topological polar surface area (TPSA) is 67.2 Å². The third-order valence-corrected chi connectivity index (χ3v) is 6.16. The predicted octanol–water partition coefficient (Wildman–Crippen LogP) is 5.15. The van der Waals surface area contributed by atoms with Crippen molar-refractivity contribution >= 4 is 47.8 Å². The molecule has 0 aliphatic rings. The minimum Gasteiger partial charge on any atom is -0.434 e. The zero-order valence-corrected chi connectivity index (χ0v) is 16.3. The number of ether oxygens (including phenoxy) is 1. The van der Waals surface area contributed by atoms with Gasteiger partial charge in [0.25, 0.3) is 0 Å². The molecule has 130 valence electrons. The Labute approximate surface area is 159 Å². The van der Waals surface area contributed by atoms with Gasteiger partial charge in [0.1, 0.15) is 16.7 Å². The quantitative estimate of drug-likeness (QED) is 0.541. The summed E-state index contributed by atoms with van der Waals surface area (Å²) in [7, 11) is -4.17. The molecule has 9 heteroatoms. The van der Waals surface area contributed by atoms with Crippen molar-refractivity contribution in [1.82, 2.24) is 0 Å². The van der Waals surface area contributed by atoms with Gasteiger partial charge in [-0.1, -0.05) is 34.1 Å². The molecule has 0 spiro atoms. The number of nitriles is 1. The van der Waals surface area contributed by atoms with E-state index in [-0.39, 0.29) is 20.7 Å². The van der Waals surface area contributed by atoms with Gasteiger partial charge >= 0.3 is 6.61 Å². The van der Waals surface area contributed by atoms with Crippen LogP contribution in [0.15, 0.2) is 61.2 Å². The summed E-state index contributed by atoms with van der Waals surface area (Å²) in [4.78, 5) is -0.724. The van der Waals surface area contributed by atoms with Crippen LogP contribution >= 0.6 is 31.9 Å². The molecule has 0 bridgehead atoms. The highest BCUT2D eigenvalue weighted by Crippen LogP contribution is 2.32. The number of hydrogen-bond donors (Lipinski definition) is 0. The number of para-hydroxylation sites is 1. The number of halogens is 4. The normalized spacial score (nSPS) is 12.1. The molecule has 0 aliphatic carbocycles. The monoisotopic (exact) mass is 491 g/mol. The van der Waals surface area contributed by atoms with Crippen LogP contribution in [0.3, 0.4) is 0 Å². The van der Waals surface area contributed by atoms with Gasteiger partial charge in [-0.05, 0) is 46.3 Å². The van der Waals surface area contributed by atoms with Crippen molar-refractivity contribution in [1.29, 1.82) is 5.26 Å². The molecule has 25 heavy (non-hydrogen) atoms. The van der Waals surface area contributed by atoms with Gasteiger partial charge in [0.15, 0.2) is 0 Å². The molecular weight excluding hydrogens is 484 g/mol. The van der Waals surface area contributed by atoms with E-state index in [9.17, 15) is 22.5 Å². The Bertz CT molecular complexity index is 970. The SMILES string of the molecule is N#C/C(=C\c1ccccc1OC(F)F)S(=O)(=O)c1cc(Br)ccc1Br. The van der Waals surface area contributed by atoms with E-state index in [1.54, 1.807) is 12.1 Å². The number of nitrogens with zero attached hydrogens (tertiary/aromatic N) is 1. The molecule has 0 heterocycles. The summed E-state index contributed by atoms with van der Waals surface area (Å²) in [6.45, 7) is -3.07. The number of allylic oxidation sites excluding steroid dienone is 1. The fourth-order valence-electron chi connectivity index (χ4n) is 1.92. The molecule has 4 nitrogen and oxygen atoms in total. The van der Waals surface area contributed by atoms with Crippen LogP contribution in [0, 0.1) is 11.3 Å². The van der Waals surface area contributed by atoms with E-state index < -0.39 is 21.4 Å². The zero-order valence-electron chi connectivity index (χ0n) is 12.3. The molecule has 0 radical (unpaired) electrons. The highest BCUT2D eigenvalue weighted by molar-refractivity contribution is 9.11. The van der Waals surface area contributed by atoms with Crippen molar-refractivity contribution in [2.45, 2.75) is 11.5 Å². The van der Waals surface area contributed by atoms with Crippen LogP contribution in [0.4, 0.5) is 8.78 Å². The fourth-order valence-corrected chi connectivity index (χ4v) is 4.56. The Morgan fingerprint density at radius 2 is 1.88 bits per heavy atom. The third-order valence-electron chi connectivity index (χ3n) is 3.00. The van der Waals surface area contributed by atoms with E-state index in [1.807, 2.05) is 0 Å². The number of sulfone groups is 1. The van der Waals surface area contributed by atoms with Crippen molar-refractivity contribution in [3.63, 3.8) is 0 Å². The summed E-state index contributed by atoms with van der Waals surface area (Å²) in [6, 6.07) is 11.7. The van der Waals surface area contributed by atoms with Crippen molar-refractivity contribution < 1.29 is 21.9 Å². The molecule has 0 unspecified atom stereocenters. The van der Waals surface area contributed by atoms with Crippen LogP contribution in [-0.2, 0) is 9.84 Å². The molecule has 0 saturated carbocycles. The van der Waals surface area contributed by atoms with E-state index in [0.29, 0.717) is 4.47 Å². The minimum absolute atomic E-state index is 0.0500. The predicted molar refractivity (Wildman–Crippen MR) is 95.7 cm³/mol. The van der Waals surface area contributed by atoms with Gasteiger partial charge in [0.05, 0.1) is 4.90 Å². The van der Waals surface area contributed by atoms with Gasteiger partial charge in [0, 0.05) is 14.5 Å². The summed E-state index contributed by atoms with van der Waals surface area (Å²) < 4.78 is 55.6. The molecule has 0 saturated heterocycles. The Balaban J connectivity index is 2.59. The second-order valence-electron chi connectivity index (χ2n) is 4.61. The van der Waals surface area contributed by atoms with Crippen LogP contribution in [0.5, 0.6) is 5.75 Å². The number of alkyl halides is 2. The van der Waals surface area contributed by atoms with Crippen LogP contribution in [0.2, 0.25) is 0 Å². The molecule has 2 rings (SSSR count). The maximum Gasteiger partial charge on any atom is 0.387 e. The van der Waals surface area contributed by atoms with Crippen LogP contribution in [-0.4, -0.2) is 15.0 Å². The maximum absolute atomic E-state index is 12.7. The summed E-state index contributed by atoms with van der Waals surface area (Å²) in [5, 5.41) is 9.30. The highest BCUT2D eigenvalue weighted by atomic mass is 79.9. The van der Waals surface area contributed by atoms with E-state index >= 15 is 0 Å². The lowest BCUT2D eigenvalue weighted by molar-refractivity contribution is -0.0499. The zero-order chi connectivity index (χ0) is 18.6. The Kier molecular flexibility index (Phi) is 6.32. The average molecular weight is 493 g/mol. The second kappa shape index (κ2) is 8.08. The number of rotatable bonds is 5. The van der Waals surface area contributed by atoms with Crippen LogP contribution in [0.25, 0.3) is 6.08 Å². The molecule has 0 aliphatic heterocycles. The van der Waals surface area contributed by atoms with Gasteiger partial charge in [0.2, 0.25) is 9.84 Å². The first-order chi connectivity index (χ1) is 11.8. The standard InChI is InChI=1S/C16H9Br2F2NO3S/c17-11-5-6-13(18)15(8-11)25(22,23)12(9-21)7-10-3-1-2-4-14(10)24-16(19)20/h1-8,16H/b12-7+. The average Bonchev–Trinajstić information content (AvgIpc) is 2.55. The molecule has 0 atom stereocenters. The summed E-state index contributed by atoms with van der Waals surface area (Å²) >= 11 is 6.31. The Morgan fingerprint density at radius 3 is 2.52 bits per heavy atom. The Hall–Kier alpha value is -1.76. The molecule has 0 N–H and O–H groups in total. The highest BCUT2D eigenvalue weighted by Gasteiger charge is 2.24.